The third-order valence-corrected chi connectivity index (χ3v) is 2.09. The van der Waals surface area contributed by atoms with E-state index in [1.54, 1.807) is 12.4 Å². The maximum absolute atomic E-state index is 9.82. The Morgan fingerprint density at radius 2 is 2.23 bits per heavy atom. The fraction of sp³-hybridized carbons (Fsp3) is 0.364. The normalized spacial score (nSPS) is 12.9. The van der Waals surface area contributed by atoms with Crippen LogP contribution in [0.2, 0.25) is 0 Å². The zero-order valence-corrected chi connectivity index (χ0v) is 8.07. The van der Waals surface area contributed by atoms with Gasteiger partial charge in [0.05, 0.1) is 0 Å². The van der Waals surface area contributed by atoms with Crippen LogP contribution in [0.25, 0.3) is 0 Å². The van der Waals surface area contributed by atoms with Crippen LogP contribution in [0, 0.1) is 5.92 Å². The number of pyridine rings is 1. The lowest BCUT2D eigenvalue weighted by Crippen LogP contribution is -2.05. The predicted molar refractivity (Wildman–Crippen MR) is 53.2 cm³/mol. The second kappa shape index (κ2) is 4.19. The quantitative estimate of drug-likeness (QED) is 0.719. The van der Waals surface area contributed by atoms with Crippen molar-refractivity contribution in [2.75, 3.05) is 0 Å². The Labute approximate surface area is 78.9 Å². The fourth-order valence-corrected chi connectivity index (χ4v) is 1.07. The number of aromatic nitrogens is 1. The first-order chi connectivity index (χ1) is 6.13. The van der Waals surface area contributed by atoms with Crippen molar-refractivity contribution < 1.29 is 5.11 Å². The van der Waals surface area contributed by atoms with Gasteiger partial charge in [0, 0.05) is 18.0 Å². The molecule has 0 aromatic carbocycles. The van der Waals surface area contributed by atoms with E-state index in [4.69, 9.17) is 0 Å². The van der Waals surface area contributed by atoms with E-state index in [-0.39, 0.29) is 5.92 Å². The van der Waals surface area contributed by atoms with Gasteiger partial charge < -0.3 is 5.11 Å². The molecule has 2 nitrogen and oxygen atoms in total. The average molecular weight is 177 g/mol. The Hall–Kier alpha value is -1.15. The van der Waals surface area contributed by atoms with Gasteiger partial charge in [0.15, 0.2) is 0 Å². The van der Waals surface area contributed by atoms with E-state index in [9.17, 15) is 5.11 Å². The highest BCUT2D eigenvalue weighted by Gasteiger charge is 2.13. The topological polar surface area (TPSA) is 33.1 Å². The van der Waals surface area contributed by atoms with Crippen molar-refractivity contribution in [2.45, 2.75) is 20.0 Å². The lowest BCUT2D eigenvalue weighted by atomic mass is 9.95. The molecule has 1 atom stereocenters. The Balaban J connectivity index is 2.80. The van der Waals surface area contributed by atoms with Gasteiger partial charge in [-0.2, -0.15) is 0 Å². The fourth-order valence-electron chi connectivity index (χ4n) is 1.07. The van der Waals surface area contributed by atoms with E-state index in [2.05, 4.69) is 11.6 Å². The number of hydrogen-bond donors (Lipinski definition) is 1. The molecule has 0 radical (unpaired) electrons. The van der Waals surface area contributed by atoms with E-state index >= 15 is 0 Å². The summed E-state index contributed by atoms with van der Waals surface area (Å²) in [5, 5.41) is 9.82. The predicted octanol–water partition coefficient (Wildman–Crippen LogP) is 2.33. The molecule has 70 valence electrons. The molecule has 0 bridgehead atoms. The van der Waals surface area contributed by atoms with Crippen LogP contribution in [0.3, 0.4) is 0 Å². The van der Waals surface area contributed by atoms with E-state index in [0.29, 0.717) is 0 Å². The van der Waals surface area contributed by atoms with Gasteiger partial charge >= 0.3 is 0 Å². The molecule has 1 heterocycles. The second-order valence-electron chi connectivity index (χ2n) is 3.42. The van der Waals surface area contributed by atoms with Crippen molar-refractivity contribution in [1.29, 1.82) is 0 Å². The summed E-state index contributed by atoms with van der Waals surface area (Å²) in [7, 11) is 0. The molecule has 1 N–H and O–H groups in total. The van der Waals surface area contributed by atoms with Crippen LogP contribution < -0.4 is 0 Å². The molecule has 1 aromatic heterocycles. The van der Waals surface area contributed by atoms with Gasteiger partial charge in [-0.1, -0.05) is 26.5 Å². The van der Waals surface area contributed by atoms with Crippen LogP contribution in [0.1, 0.15) is 25.5 Å². The summed E-state index contributed by atoms with van der Waals surface area (Å²) in [6.07, 6.45) is 2.76. The van der Waals surface area contributed by atoms with Crippen LogP contribution in [-0.2, 0) is 0 Å². The van der Waals surface area contributed by atoms with Gasteiger partial charge in [-0.05, 0) is 17.6 Å². The minimum Gasteiger partial charge on any atom is -0.384 e. The van der Waals surface area contributed by atoms with Crippen molar-refractivity contribution >= 4 is 0 Å². The molecule has 1 rings (SSSR count). The van der Waals surface area contributed by atoms with Crippen LogP contribution in [0.5, 0.6) is 0 Å². The highest BCUT2D eigenvalue weighted by Crippen LogP contribution is 2.24. The molecule has 0 amide bonds. The van der Waals surface area contributed by atoms with Gasteiger partial charge in [-0.25, -0.2) is 0 Å². The van der Waals surface area contributed by atoms with Crippen LogP contribution in [0.15, 0.2) is 36.7 Å². The van der Waals surface area contributed by atoms with Crippen LogP contribution >= 0.6 is 0 Å². The zero-order valence-electron chi connectivity index (χ0n) is 8.07. The number of aliphatic hydroxyl groups is 1. The molecule has 13 heavy (non-hydrogen) atoms. The Kier molecular flexibility index (Phi) is 3.20. The van der Waals surface area contributed by atoms with Crippen molar-refractivity contribution in [2.24, 2.45) is 5.92 Å². The third kappa shape index (κ3) is 2.39. The lowest BCUT2D eigenvalue weighted by Gasteiger charge is -2.16. The Morgan fingerprint density at radius 3 is 2.69 bits per heavy atom. The molecule has 0 fully saturated rings. The zero-order chi connectivity index (χ0) is 9.84. The monoisotopic (exact) mass is 177 g/mol. The van der Waals surface area contributed by atoms with Crippen molar-refractivity contribution in [3.63, 3.8) is 0 Å². The summed E-state index contributed by atoms with van der Waals surface area (Å²) in [6, 6.07) is 3.66. The number of rotatable bonds is 3. The minimum atomic E-state index is -0.589. The second-order valence-corrected chi connectivity index (χ2v) is 3.42. The largest absolute Gasteiger partial charge is 0.384 e. The number of nitrogens with zero attached hydrogens (tertiary/aromatic N) is 1. The molecule has 2 heteroatoms. The van der Waals surface area contributed by atoms with E-state index in [0.717, 1.165) is 11.1 Å². The standard InChI is InChI=1S/C11H15NO/c1-8(2)9(3)11(13)10-5-4-6-12-7-10/h4-8,11,13H,3H2,1-2H3. The van der Waals surface area contributed by atoms with E-state index < -0.39 is 6.10 Å². The summed E-state index contributed by atoms with van der Waals surface area (Å²) in [5.41, 5.74) is 1.63. The maximum Gasteiger partial charge on any atom is 0.102 e. The van der Waals surface area contributed by atoms with Crippen molar-refractivity contribution in [3.05, 3.63) is 42.2 Å². The van der Waals surface area contributed by atoms with Gasteiger partial charge in [-0.15, -0.1) is 0 Å². The summed E-state index contributed by atoms with van der Waals surface area (Å²) >= 11 is 0. The molecule has 0 aliphatic rings. The highest BCUT2D eigenvalue weighted by molar-refractivity contribution is 5.22. The first kappa shape index (κ1) is 9.93. The molecule has 0 spiro atoms. The molecule has 1 aromatic rings. The molecule has 0 saturated carbocycles. The van der Waals surface area contributed by atoms with Crippen LogP contribution in [-0.4, -0.2) is 10.1 Å². The number of hydrogen-bond acceptors (Lipinski definition) is 2. The first-order valence-electron chi connectivity index (χ1n) is 4.39. The van der Waals surface area contributed by atoms with E-state index in [1.165, 1.54) is 0 Å². The molecule has 0 saturated heterocycles. The maximum atomic E-state index is 9.82. The Bertz CT molecular complexity index is 279. The molecule has 0 aliphatic carbocycles. The lowest BCUT2D eigenvalue weighted by molar-refractivity contribution is 0.204. The molecule has 0 aliphatic heterocycles. The summed E-state index contributed by atoms with van der Waals surface area (Å²) in [5.74, 6) is 0.287. The van der Waals surface area contributed by atoms with E-state index in [1.807, 2.05) is 26.0 Å². The van der Waals surface area contributed by atoms with Gasteiger partial charge in [-0.3, -0.25) is 4.98 Å². The van der Waals surface area contributed by atoms with Crippen molar-refractivity contribution in [1.82, 2.24) is 4.98 Å². The van der Waals surface area contributed by atoms with Crippen LogP contribution in [0.4, 0.5) is 0 Å². The first-order valence-corrected chi connectivity index (χ1v) is 4.39. The SMILES string of the molecule is C=C(C(C)C)C(O)c1cccnc1. The van der Waals surface area contributed by atoms with Gasteiger partial charge in [0.1, 0.15) is 6.10 Å². The highest BCUT2D eigenvalue weighted by atomic mass is 16.3. The minimum absolute atomic E-state index is 0.287. The van der Waals surface area contributed by atoms with Gasteiger partial charge in [0.25, 0.3) is 0 Å². The third-order valence-electron chi connectivity index (χ3n) is 2.09. The summed E-state index contributed by atoms with van der Waals surface area (Å²) < 4.78 is 0. The Morgan fingerprint density at radius 1 is 1.54 bits per heavy atom. The number of aliphatic hydroxyl groups excluding tert-OH is 1. The summed E-state index contributed by atoms with van der Waals surface area (Å²) in [4.78, 5) is 3.95. The summed E-state index contributed by atoms with van der Waals surface area (Å²) in [6.45, 7) is 7.88. The van der Waals surface area contributed by atoms with Crippen molar-refractivity contribution in [3.8, 4) is 0 Å². The smallest absolute Gasteiger partial charge is 0.102 e. The molecular weight excluding hydrogens is 162 g/mol. The molecule has 1 unspecified atom stereocenters. The van der Waals surface area contributed by atoms with Gasteiger partial charge in [0.2, 0.25) is 0 Å². The average Bonchev–Trinajstić information content (AvgIpc) is 2.17. The molecular formula is C11H15NO.